The lowest BCUT2D eigenvalue weighted by molar-refractivity contribution is 0.274. The molecular formula is C17H24N2S. The molecule has 1 N–H and O–H groups in total. The van der Waals surface area contributed by atoms with E-state index in [1.54, 1.807) is 11.3 Å². The number of anilines is 1. The van der Waals surface area contributed by atoms with Gasteiger partial charge in [0.25, 0.3) is 0 Å². The lowest BCUT2D eigenvalue weighted by atomic mass is 9.81. The van der Waals surface area contributed by atoms with Crippen molar-refractivity contribution < 1.29 is 0 Å². The summed E-state index contributed by atoms with van der Waals surface area (Å²) >= 11 is 1.78. The zero-order valence-electron chi connectivity index (χ0n) is 12.5. The maximum Gasteiger partial charge on any atom is 0.183 e. The van der Waals surface area contributed by atoms with Gasteiger partial charge in [-0.3, -0.25) is 0 Å². The third-order valence-electron chi connectivity index (χ3n) is 4.49. The van der Waals surface area contributed by atoms with Crippen molar-refractivity contribution in [3.8, 4) is 0 Å². The van der Waals surface area contributed by atoms with E-state index in [9.17, 15) is 0 Å². The molecule has 3 heteroatoms. The minimum atomic E-state index is 0.919. The molecule has 1 aromatic carbocycles. The Morgan fingerprint density at radius 2 is 2.25 bits per heavy atom. The average Bonchev–Trinajstić information content (AvgIpc) is 2.83. The van der Waals surface area contributed by atoms with E-state index in [-0.39, 0.29) is 0 Å². The van der Waals surface area contributed by atoms with E-state index in [0.717, 1.165) is 29.0 Å². The summed E-state index contributed by atoms with van der Waals surface area (Å²) in [6, 6.07) is 6.41. The topological polar surface area (TPSA) is 24.9 Å². The highest BCUT2D eigenvalue weighted by atomic mass is 32.1. The molecular weight excluding hydrogens is 264 g/mol. The summed E-state index contributed by atoms with van der Waals surface area (Å²) in [6.07, 6.45) is 6.98. The van der Waals surface area contributed by atoms with Gasteiger partial charge < -0.3 is 5.32 Å². The quantitative estimate of drug-likeness (QED) is 0.833. The molecule has 108 valence electrons. The van der Waals surface area contributed by atoms with Crippen LogP contribution in [0, 0.1) is 18.8 Å². The summed E-state index contributed by atoms with van der Waals surface area (Å²) in [6.45, 7) is 5.60. The Morgan fingerprint density at radius 3 is 3.05 bits per heavy atom. The maximum atomic E-state index is 4.72. The van der Waals surface area contributed by atoms with Gasteiger partial charge in [-0.1, -0.05) is 49.7 Å². The minimum Gasteiger partial charge on any atom is -0.361 e. The van der Waals surface area contributed by atoms with E-state index in [2.05, 4.69) is 37.4 Å². The van der Waals surface area contributed by atoms with Crippen LogP contribution >= 0.6 is 11.3 Å². The van der Waals surface area contributed by atoms with Crippen LogP contribution in [0.15, 0.2) is 18.2 Å². The summed E-state index contributed by atoms with van der Waals surface area (Å²) in [5.41, 5.74) is 2.43. The van der Waals surface area contributed by atoms with Crippen molar-refractivity contribution in [3.05, 3.63) is 23.8 Å². The molecule has 1 aliphatic rings. The normalized spacial score (nSPS) is 23.1. The highest BCUT2D eigenvalue weighted by Gasteiger charge is 2.18. The molecule has 2 aromatic rings. The molecule has 2 nitrogen and oxygen atoms in total. The van der Waals surface area contributed by atoms with E-state index in [1.165, 1.54) is 42.4 Å². The van der Waals surface area contributed by atoms with Gasteiger partial charge in [0.2, 0.25) is 0 Å². The Labute approximate surface area is 125 Å². The van der Waals surface area contributed by atoms with Crippen LogP contribution in [0.25, 0.3) is 10.2 Å². The van der Waals surface area contributed by atoms with Gasteiger partial charge in [-0.05, 0) is 43.2 Å². The van der Waals surface area contributed by atoms with Crippen LogP contribution in [0.3, 0.4) is 0 Å². The number of nitrogens with one attached hydrogen (secondary N) is 1. The molecule has 0 bridgehead atoms. The maximum absolute atomic E-state index is 4.72. The number of fused-ring (bicyclic) bond motifs is 1. The first-order chi connectivity index (χ1) is 9.72. The Balaban J connectivity index is 1.56. The molecule has 0 amide bonds. The summed E-state index contributed by atoms with van der Waals surface area (Å²) in [5.74, 6) is 1.85. The second kappa shape index (κ2) is 6.13. The monoisotopic (exact) mass is 288 g/mol. The summed E-state index contributed by atoms with van der Waals surface area (Å²) in [5, 5.41) is 4.61. The predicted octanol–water partition coefficient (Wildman–Crippen LogP) is 5.23. The average molecular weight is 288 g/mol. The molecule has 2 unspecified atom stereocenters. The fourth-order valence-corrected chi connectivity index (χ4v) is 4.34. The largest absolute Gasteiger partial charge is 0.361 e. The van der Waals surface area contributed by atoms with Gasteiger partial charge in [-0.15, -0.1) is 0 Å². The Hall–Kier alpha value is -1.09. The van der Waals surface area contributed by atoms with Gasteiger partial charge in [0.05, 0.1) is 10.2 Å². The molecule has 1 aliphatic carbocycles. The van der Waals surface area contributed by atoms with Crippen molar-refractivity contribution >= 4 is 26.7 Å². The highest BCUT2D eigenvalue weighted by molar-refractivity contribution is 7.22. The third kappa shape index (κ3) is 3.14. The zero-order valence-corrected chi connectivity index (χ0v) is 13.3. The molecule has 0 aliphatic heterocycles. The smallest absolute Gasteiger partial charge is 0.183 e. The first kappa shape index (κ1) is 13.9. The van der Waals surface area contributed by atoms with Crippen LogP contribution in [-0.4, -0.2) is 11.5 Å². The number of aromatic nitrogens is 1. The van der Waals surface area contributed by atoms with Crippen LogP contribution in [0.1, 0.15) is 44.6 Å². The third-order valence-corrected chi connectivity index (χ3v) is 5.47. The second-order valence-electron chi connectivity index (χ2n) is 6.29. The molecule has 1 heterocycles. The number of rotatable bonds is 4. The fraction of sp³-hybridized carbons (Fsp3) is 0.588. The summed E-state index contributed by atoms with van der Waals surface area (Å²) in [4.78, 5) is 4.72. The van der Waals surface area contributed by atoms with Crippen LogP contribution in [0.4, 0.5) is 5.13 Å². The second-order valence-corrected chi connectivity index (χ2v) is 7.32. The zero-order chi connectivity index (χ0) is 13.9. The van der Waals surface area contributed by atoms with E-state index in [0.29, 0.717) is 0 Å². The number of benzene rings is 1. The first-order valence-corrected chi connectivity index (χ1v) is 8.64. The number of nitrogens with zero attached hydrogens (tertiary/aromatic N) is 1. The van der Waals surface area contributed by atoms with Gasteiger partial charge in [0.1, 0.15) is 0 Å². The molecule has 1 saturated carbocycles. The molecule has 3 rings (SSSR count). The van der Waals surface area contributed by atoms with E-state index >= 15 is 0 Å². The van der Waals surface area contributed by atoms with Gasteiger partial charge in [-0.25, -0.2) is 4.98 Å². The lowest BCUT2D eigenvalue weighted by Gasteiger charge is -2.26. The first-order valence-electron chi connectivity index (χ1n) is 7.82. The number of thiazole rings is 1. The van der Waals surface area contributed by atoms with Crippen molar-refractivity contribution in [1.82, 2.24) is 4.98 Å². The summed E-state index contributed by atoms with van der Waals surface area (Å²) in [7, 11) is 0. The number of hydrogen-bond acceptors (Lipinski definition) is 3. The molecule has 1 fully saturated rings. The molecule has 1 aromatic heterocycles. The lowest BCUT2D eigenvalue weighted by Crippen LogP contribution is -2.16. The Morgan fingerprint density at radius 1 is 1.35 bits per heavy atom. The number of aryl methyl sites for hydroxylation is 1. The Bertz CT molecular complexity index is 575. The number of hydrogen-bond donors (Lipinski definition) is 1. The van der Waals surface area contributed by atoms with Gasteiger partial charge >= 0.3 is 0 Å². The van der Waals surface area contributed by atoms with Crippen LogP contribution < -0.4 is 5.32 Å². The molecule has 0 spiro atoms. The van der Waals surface area contributed by atoms with E-state index in [1.807, 2.05) is 0 Å². The van der Waals surface area contributed by atoms with Gasteiger partial charge in [0, 0.05) is 6.54 Å². The molecule has 0 saturated heterocycles. The minimum absolute atomic E-state index is 0.919. The van der Waals surface area contributed by atoms with E-state index < -0.39 is 0 Å². The van der Waals surface area contributed by atoms with Crippen molar-refractivity contribution in [2.75, 3.05) is 11.9 Å². The highest BCUT2D eigenvalue weighted by Crippen LogP contribution is 2.31. The molecule has 20 heavy (non-hydrogen) atoms. The van der Waals surface area contributed by atoms with Crippen molar-refractivity contribution in [1.29, 1.82) is 0 Å². The van der Waals surface area contributed by atoms with Crippen molar-refractivity contribution in [3.63, 3.8) is 0 Å². The van der Waals surface area contributed by atoms with Crippen molar-refractivity contribution in [2.45, 2.75) is 46.0 Å². The summed E-state index contributed by atoms with van der Waals surface area (Å²) < 4.78 is 1.29. The van der Waals surface area contributed by atoms with E-state index in [4.69, 9.17) is 4.98 Å². The fourth-order valence-electron chi connectivity index (χ4n) is 3.37. The van der Waals surface area contributed by atoms with Crippen LogP contribution in [0.2, 0.25) is 0 Å². The Kier molecular flexibility index (Phi) is 4.25. The molecule has 2 atom stereocenters. The van der Waals surface area contributed by atoms with Gasteiger partial charge in [-0.2, -0.15) is 0 Å². The SMILES string of the molecule is Cc1cccc2sc(NCCC3CCCC(C)C3)nc12. The van der Waals surface area contributed by atoms with Crippen molar-refractivity contribution in [2.24, 2.45) is 11.8 Å². The molecule has 0 radical (unpaired) electrons. The van der Waals surface area contributed by atoms with Gasteiger partial charge in [0.15, 0.2) is 5.13 Å². The standard InChI is InChI=1S/C17H24N2S/c1-12-5-3-7-14(11-12)9-10-18-17-19-16-13(2)6-4-8-15(16)20-17/h4,6,8,12,14H,3,5,7,9-11H2,1-2H3,(H,18,19). The number of para-hydroxylation sites is 1. The van der Waals surface area contributed by atoms with Crippen LogP contribution in [-0.2, 0) is 0 Å². The van der Waals surface area contributed by atoms with Crippen LogP contribution in [0.5, 0.6) is 0 Å². The predicted molar refractivity (Wildman–Crippen MR) is 88.6 cm³/mol.